The lowest BCUT2D eigenvalue weighted by atomic mass is 9.75. The molecule has 154 valence electrons. The molecular formula is C26H24N4O. The van der Waals surface area contributed by atoms with Gasteiger partial charge in [-0.1, -0.05) is 50.2 Å². The van der Waals surface area contributed by atoms with E-state index in [0.717, 1.165) is 40.9 Å². The number of hydrogen-bond donors (Lipinski definition) is 1. The number of nitrogens with zero attached hydrogens (tertiary/aromatic N) is 3. The summed E-state index contributed by atoms with van der Waals surface area (Å²) in [7, 11) is 0. The number of carbonyl (C=O) groups is 1. The Hall–Kier alpha value is -3.65. The van der Waals surface area contributed by atoms with Gasteiger partial charge in [-0.05, 0) is 42.0 Å². The summed E-state index contributed by atoms with van der Waals surface area (Å²) >= 11 is 0. The van der Waals surface area contributed by atoms with Gasteiger partial charge in [0.05, 0.1) is 23.2 Å². The van der Waals surface area contributed by atoms with Gasteiger partial charge in [0.2, 0.25) is 0 Å². The Kier molecular flexibility index (Phi) is 4.51. The van der Waals surface area contributed by atoms with Crippen LogP contribution in [0.2, 0.25) is 0 Å². The Bertz CT molecular complexity index is 1220. The number of allylic oxidation sites excluding steroid dienone is 3. The van der Waals surface area contributed by atoms with Crippen LogP contribution in [0.15, 0.2) is 76.2 Å². The number of carbonyl (C=O) groups excluding carboxylic acids is 1. The Morgan fingerprint density at radius 2 is 1.87 bits per heavy atom. The highest BCUT2D eigenvalue weighted by Crippen LogP contribution is 2.49. The van der Waals surface area contributed by atoms with E-state index in [1.54, 1.807) is 0 Å². The van der Waals surface area contributed by atoms with Crippen molar-refractivity contribution < 1.29 is 4.79 Å². The maximum atomic E-state index is 13.2. The molecule has 0 fully saturated rings. The van der Waals surface area contributed by atoms with Crippen molar-refractivity contribution in [2.75, 3.05) is 4.90 Å². The average Bonchev–Trinajstić information content (AvgIpc) is 2.78. The number of Topliss-reactive ketones (excluding diaryl/α,β-unsaturated/α-hetero) is 1. The van der Waals surface area contributed by atoms with Gasteiger partial charge in [0.1, 0.15) is 5.84 Å². The van der Waals surface area contributed by atoms with Gasteiger partial charge in [-0.25, -0.2) is 4.99 Å². The molecule has 0 saturated heterocycles. The molecule has 5 nitrogen and oxygen atoms in total. The van der Waals surface area contributed by atoms with E-state index >= 15 is 0 Å². The molecule has 0 radical (unpaired) electrons. The molecule has 2 N–H and O–H groups in total. The van der Waals surface area contributed by atoms with E-state index in [0.29, 0.717) is 29.6 Å². The van der Waals surface area contributed by atoms with E-state index in [9.17, 15) is 10.1 Å². The highest BCUT2D eigenvalue weighted by Gasteiger charge is 2.42. The zero-order chi connectivity index (χ0) is 21.7. The van der Waals surface area contributed by atoms with E-state index in [1.165, 1.54) is 5.56 Å². The van der Waals surface area contributed by atoms with Gasteiger partial charge < -0.3 is 5.73 Å². The molecule has 0 unspecified atom stereocenters. The fourth-order valence-corrected chi connectivity index (χ4v) is 4.88. The zero-order valence-corrected chi connectivity index (χ0v) is 17.7. The highest BCUT2D eigenvalue weighted by atomic mass is 16.1. The normalized spacial score (nSPS) is 20.2. The summed E-state index contributed by atoms with van der Waals surface area (Å²) in [5, 5.41) is 10.2. The van der Waals surface area contributed by atoms with Gasteiger partial charge in [0.25, 0.3) is 0 Å². The fourth-order valence-electron chi connectivity index (χ4n) is 4.88. The van der Waals surface area contributed by atoms with Gasteiger partial charge in [0.15, 0.2) is 11.6 Å². The van der Waals surface area contributed by atoms with E-state index < -0.39 is 5.92 Å². The van der Waals surface area contributed by atoms with Crippen molar-refractivity contribution in [3.05, 3.63) is 87.9 Å². The van der Waals surface area contributed by atoms with Crippen LogP contribution >= 0.6 is 0 Å². The molecule has 31 heavy (non-hydrogen) atoms. The van der Waals surface area contributed by atoms with E-state index in [4.69, 9.17) is 5.73 Å². The Morgan fingerprint density at radius 1 is 1.13 bits per heavy atom. The maximum absolute atomic E-state index is 13.2. The van der Waals surface area contributed by atoms with E-state index in [1.807, 2.05) is 41.3 Å². The molecular weight excluding hydrogens is 384 g/mol. The van der Waals surface area contributed by atoms with Crippen molar-refractivity contribution in [3.8, 4) is 6.07 Å². The predicted molar refractivity (Wildman–Crippen MR) is 121 cm³/mol. The van der Waals surface area contributed by atoms with Gasteiger partial charge in [-0.3, -0.25) is 9.69 Å². The summed E-state index contributed by atoms with van der Waals surface area (Å²) in [6.45, 7) is 4.30. The largest absolute Gasteiger partial charge is 0.383 e. The quantitative estimate of drug-likeness (QED) is 0.768. The van der Waals surface area contributed by atoms with Crippen LogP contribution in [0.25, 0.3) is 0 Å². The molecule has 0 amide bonds. The molecule has 1 aliphatic carbocycles. The first-order valence-corrected chi connectivity index (χ1v) is 10.7. The van der Waals surface area contributed by atoms with Crippen molar-refractivity contribution >= 4 is 17.3 Å². The van der Waals surface area contributed by atoms with Crippen LogP contribution in [0, 0.1) is 11.3 Å². The molecule has 2 aliphatic heterocycles. The first-order valence-electron chi connectivity index (χ1n) is 10.7. The molecule has 5 heteroatoms. The van der Waals surface area contributed by atoms with Crippen molar-refractivity contribution in [2.24, 2.45) is 10.7 Å². The molecule has 0 spiro atoms. The molecule has 0 aromatic heterocycles. The molecule has 0 bridgehead atoms. The SMILES string of the molecule is CC(C)c1ccc([C@H]2C(C#N)=C3N=C(N)c4ccccc4N3C3=C2C(=O)CCC3)cc1. The Labute approximate surface area is 182 Å². The molecule has 2 aromatic carbocycles. The molecule has 2 heterocycles. The fraction of sp³-hybridized carbons (Fsp3) is 0.269. The summed E-state index contributed by atoms with van der Waals surface area (Å²) in [6.07, 6.45) is 2.08. The van der Waals surface area contributed by atoms with Crippen LogP contribution < -0.4 is 10.6 Å². The minimum Gasteiger partial charge on any atom is -0.383 e. The number of rotatable bonds is 2. The Morgan fingerprint density at radius 3 is 2.58 bits per heavy atom. The van der Waals surface area contributed by atoms with Crippen molar-refractivity contribution in [1.29, 1.82) is 5.26 Å². The van der Waals surface area contributed by atoms with Gasteiger partial charge >= 0.3 is 0 Å². The lowest BCUT2D eigenvalue weighted by Crippen LogP contribution is -2.39. The van der Waals surface area contributed by atoms with E-state index in [-0.39, 0.29) is 5.78 Å². The van der Waals surface area contributed by atoms with E-state index in [2.05, 4.69) is 37.0 Å². The highest BCUT2D eigenvalue weighted by molar-refractivity contribution is 6.08. The van der Waals surface area contributed by atoms with Gasteiger partial charge in [-0.15, -0.1) is 0 Å². The first-order chi connectivity index (χ1) is 15.0. The minimum absolute atomic E-state index is 0.117. The molecule has 1 atom stereocenters. The van der Waals surface area contributed by atoms with Crippen LogP contribution in [0.5, 0.6) is 0 Å². The third-order valence-electron chi connectivity index (χ3n) is 6.43. The number of nitrogens with two attached hydrogens (primary N) is 1. The topological polar surface area (TPSA) is 82.5 Å². The number of ketones is 1. The maximum Gasteiger partial charge on any atom is 0.161 e. The number of benzene rings is 2. The second-order valence-corrected chi connectivity index (χ2v) is 8.59. The summed E-state index contributed by atoms with van der Waals surface area (Å²) < 4.78 is 0. The summed E-state index contributed by atoms with van der Waals surface area (Å²) in [5.74, 6) is 1.06. The third kappa shape index (κ3) is 2.90. The van der Waals surface area contributed by atoms with Crippen molar-refractivity contribution in [1.82, 2.24) is 0 Å². The van der Waals surface area contributed by atoms with Crippen molar-refractivity contribution in [3.63, 3.8) is 0 Å². The lowest BCUT2D eigenvalue weighted by molar-refractivity contribution is -0.116. The van der Waals surface area contributed by atoms with Gasteiger partial charge in [-0.2, -0.15) is 5.26 Å². The number of hydrogen-bond acceptors (Lipinski definition) is 5. The number of para-hydroxylation sites is 1. The number of aliphatic imine (C=N–C) groups is 1. The summed E-state index contributed by atoms with van der Waals surface area (Å²) in [5.41, 5.74) is 12.3. The number of fused-ring (bicyclic) bond motifs is 4. The minimum atomic E-state index is -0.415. The predicted octanol–water partition coefficient (Wildman–Crippen LogP) is 4.87. The van der Waals surface area contributed by atoms with Crippen LogP contribution in [0.1, 0.15) is 61.6 Å². The van der Waals surface area contributed by atoms with Crippen LogP contribution in [-0.2, 0) is 4.79 Å². The summed E-state index contributed by atoms with van der Waals surface area (Å²) in [4.78, 5) is 19.9. The zero-order valence-electron chi connectivity index (χ0n) is 17.7. The average molecular weight is 409 g/mol. The standard InChI is InChI=1S/C26H24N4O/c1-15(2)16-10-12-17(13-11-16)23-19(14-27)26-29-25(28)18-6-3-4-7-20(18)30(26)21-8-5-9-22(31)24(21)23/h3-4,6-7,10-13,15,23H,5,8-9H2,1-2H3,(H2,28,29)/t23-/m0/s1. The van der Waals surface area contributed by atoms with Crippen molar-refractivity contribution in [2.45, 2.75) is 44.9 Å². The first kappa shape index (κ1) is 19.3. The molecule has 0 saturated carbocycles. The van der Waals surface area contributed by atoms with Crippen LogP contribution in [0.4, 0.5) is 5.69 Å². The lowest BCUT2D eigenvalue weighted by Gasteiger charge is -2.41. The molecule has 5 rings (SSSR count). The van der Waals surface area contributed by atoms with Gasteiger partial charge in [0, 0.05) is 23.3 Å². The molecule has 2 aromatic rings. The smallest absolute Gasteiger partial charge is 0.161 e. The second-order valence-electron chi connectivity index (χ2n) is 8.59. The molecule has 3 aliphatic rings. The van der Waals surface area contributed by atoms with Crippen LogP contribution in [-0.4, -0.2) is 11.6 Å². The van der Waals surface area contributed by atoms with Crippen LogP contribution in [0.3, 0.4) is 0 Å². The monoisotopic (exact) mass is 408 g/mol. The number of nitriles is 1. The number of amidine groups is 1. The second kappa shape index (κ2) is 7.24. The summed E-state index contributed by atoms with van der Waals surface area (Å²) in [6, 6.07) is 18.4. The Balaban J connectivity index is 1.78. The number of anilines is 1. The third-order valence-corrected chi connectivity index (χ3v) is 6.43.